The molecule has 4 rings (SSSR count). The molecule has 0 aliphatic rings. The first kappa shape index (κ1) is 18.1. The van der Waals surface area contributed by atoms with E-state index in [1.807, 2.05) is 31.2 Å². The lowest BCUT2D eigenvalue weighted by molar-refractivity contribution is 0.102. The van der Waals surface area contributed by atoms with Crippen LogP contribution in [0, 0.1) is 12.7 Å². The van der Waals surface area contributed by atoms with Crippen LogP contribution in [0.2, 0.25) is 0 Å². The van der Waals surface area contributed by atoms with E-state index < -0.39 is 0 Å². The van der Waals surface area contributed by atoms with Crippen molar-refractivity contribution >= 4 is 27.7 Å². The van der Waals surface area contributed by atoms with Crippen LogP contribution < -0.4 is 5.32 Å². The summed E-state index contributed by atoms with van der Waals surface area (Å²) in [4.78, 5) is 12.7. The van der Waals surface area contributed by atoms with E-state index in [-0.39, 0.29) is 11.7 Å². The molecule has 8 heteroatoms. The van der Waals surface area contributed by atoms with Crippen LogP contribution in [0.25, 0.3) is 11.4 Å². The lowest BCUT2D eigenvalue weighted by Crippen LogP contribution is -2.14. The Balaban J connectivity index is 1.58. The summed E-state index contributed by atoms with van der Waals surface area (Å²) in [7, 11) is 0. The molecule has 1 amide bonds. The number of rotatable bonds is 4. The number of halogens is 2. The number of benzene rings is 2. The van der Waals surface area contributed by atoms with Crippen LogP contribution in [0.15, 0.2) is 71.5 Å². The minimum Gasteiger partial charge on any atom is -0.306 e. The topological polar surface area (TPSA) is 64.7 Å². The van der Waals surface area contributed by atoms with E-state index in [2.05, 4.69) is 31.4 Å². The number of amides is 1. The quantitative estimate of drug-likeness (QED) is 0.508. The summed E-state index contributed by atoms with van der Waals surface area (Å²) in [5.74, 6) is -0.157. The van der Waals surface area contributed by atoms with Gasteiger partial charge in [0.05, 0.1) is 28.8 Å². The monoisotopic (exact) mass is 439 g/mol. The van der Waals surface area contributed by atoms with Crippen LogP contribution in [0.1, 0.15) is 16.1 Å². The molecule has 0 atom stereocenters. The molecular weight excluding hydrogens is 425 g/mol. The van der Waals surface area contributed by atoms with Crippen molar-refractivity contribution in [3.8, 4) is 11.4 Å². The third-order valence-corrected chi connectivity index (χ3v) is 4.61. The molecule has 28 heavy (non-hydrogen) atoms. The van der Waals surface area contributed by atoms with Gasteiger partial charge in [-0.15, -0.1) is 0 Å². The molecule has 2 aromatic carbocycles. The van der Waals surface area contributed by atoms with Gasteiger partial charge in [0.15, 0.2) is 0 Å². The second-order valence-electron chi connectivity index (χ2n) is 6.16. The average molecular weight is 440 g/mol. The fourth-order valence-electron chi connectivity index (χ4n) is 2.73. The zero-order chi connectivity index (χ0) is 19.7. The van der Waals surface area contributed by atoms with Crippen LogP contribution in [0.4, 0.5) is 10.2 Å². The van der Waals surface area contributed by atoms with Gasteiger partial charge >= 0.3 is 0 Å². The van der Waals surface area contributed by atoms with Crippen LogP contribution in [0.5, 0.6) is 0 Å². The highest BCUT2D eigenvalue weighted by Gasteiger charge is 2.14. The molecule has 0 saturated heterocycles. The Morgan fingerprint density at radius 1 is 1.07 bits per heavy atom. The van der Waals surface area contributed by atoms with E-state index in [1.54, 1.807) is 33.8 Å². The molecule has 4 aromatic rings. The van der Waals surface area contributed by atoms with Crippen molar-refractivity contribution in [3.05, 3.63) is 88.5 Å². The van der Waals surface area contributed by atoms with E-state index in [0.717, 1.165) is 15.9 Å². The summed E-state index contributed by atoms with van der Waals surface area (Å²) in [6, 6.07) is 15.2. The average Bonchev–Trinajstić information content (AvgIpc) is 3.30. The zero-order valence-electron chi connectivity index (χ0n) is 14.8. The first-order valence-corrected chi connectivity index (χ1v) is 9.23. The molecule has 0 spiro atoms. The summed E-state index contributed by atoms with van der Waals surface area (Å²) >= 11 is 3.39. The van der Waals surface area contributed by atoms with Crippen molar-refractivity contribution in [3.63, 3.8) is 0 Å². The standard InChI is InChI=1S/C20H15BrFN5O/c1-13-10-19(27(25-13)18-8-4-16(22)5-9-18)24-20(28)14-11-23-26(12-14)17-6-2-15(21)3-7-17/h2-12H,1H3,(H,24,28). The molecule has 0 unspecified atom stereocenters. The lowest BCUT2D eigenvalue weighted by atomic mass is 10.3. The maximum atomic E-state index is 13.2. The molecule has 2 heterocycles. The number of nitrogens with zero attached hydrogens (tertiary/aromatic N) is 4. The van der Waals surface area contributed by atoms with Crippen molar-refractivity contribution in [2.75, 3.05) is 5.32 Å². The van der Waals surface area contributed by atoms with Crippen molar-refractivity contribution in [1.29, 1.82) is 0 Å². The fraction of sp³-hybridized carbons (Fsp3) is 0.0500. The van der Waals surface area contributed by atoms with Gasteiger partial charge in [-0.2, -0.15) is 10.2 Å². The molecule has 2 aromatic heterocycles. The minimum absolute atomic E-state index is 0.313. The molecule has 0 aliphatic carbocycles. The Hall–Kier alpha value is -3.26. The smallest absolute Gasteiger partial charge is 0.260 e. The predicted octanol–water partition coefficient (Wildman–Crippen LogP) is 4.52. The SMILES string of the molecule is Cc1cc(NC(=O)c2cnn(-c3ccc(Br)cc3)c2)n(-c2ccc(F)cc2)n1. The van der Waals surface area contributed by atoms with Gasteiger partial charge in [-0.1, -0.05) is 15.9 Å². The van der Waals surface area contributed by atoms with Gasteiger partial charge < -0.3 is 5.32 Å². The van der Waals surface area contributed by atoms with Crippen molar-refractivity contribution < 1.29 is 9.18 Å². The first-order chi connectivity index (χ1) is 13.5. The van der Waals surface area contributed by atoms with E-state index >= 15 is 0 Å². The maximum absolute atomic E-state index is 13.2. The molecular formula is C20H15BrFN5O. The summed E-state index contributed by atoms with van der Waals surface area (Å²) in [5.41, 5.74) is 2.63. The Morgan fingerprint density at radius 3 is 2.46 bits per heavy atom. The van der Waals surface area contributed by atoms with E-state index in [1.165, 1.54) is 18.3 Å². The van der Waals surface area contributed by atoms with Gasteiger partial charge in [0, 0.05) is 16.7 Å². The molecule has 0 bridgehead atoms. The maximum Gasteiger partial charge on any atom is 0.260 e. The highest BCUT2D eigenvalue weighted by atomic mass is 79.9. The Bertz CT molecular complexity index is 1130. The highest BCUT2D eigenvalue weighted by Crippen LogP contribution is 2.19. The van der Waals surface area contributed by atoms with Gasteiger partial charge in [-0.25, -0.2) is 13.8 Å². The number of nitrogens with one attached hydrogen (secondary N) is 1. The number of hydrogen-bond acceptors (Lipinski definition) is 3. The number of carbonyl (C=O) groups is 1. The number of hydrogen-bond donors (Lipinski definition) is 1. The lowest BCUT2D eigenvalue weighted by Gasteiger charge is -2.08. The minimum atomic E-state index is -0.335. The van der Waals surface area contributed by atoms with Gasteiger partial charge in [0.1, 0.15) is 11.6 Å². The summed E-state index contributed by atoms with van der Waals surface area (Å²) in [5, 5.41) is 11.5. The molecule has 6 nitrogen and oxygen atoms in total. The molecule has 0 fully saturated rings. The molecule has 0 radical (unpaired) electrons. The number of anilines is 1. The summed E-state index contributed by atoms with van der Waals surface area (Å²) in [6.07, 6.45) is 3.16. The second kappa shape index (κ2) is 7.40. The van der Waals surface area contributed by atoms with Crippen LogP contribution in [-0.4, -0.2) is 25.5 Å². The number of aryl methyl sites for hydroxylation is 1. The van der Waals surface area contributed by atoms with Gasteiger partial charge in [-0.05, 0) is 55.5 Å². The fourth-order valence-corrected chi connectivity index (χ4v) is 3.00. The first-order valence-electron chi connectivity index (χ1n) is 8.44. The zero-order valence-corrected chi connectivity index (χ0v) is 16.4. The van der Waals surface area contributed by atoms with Gasteiger partial charge in [0.25, 0.3) is 5.91 Å². The second-order valence-corrected chi connectivity index (χ2v) is 7.08. The van der Waals surface area contributed by atoms with E-state index in [0.29, 0.717) is 17.1 Å². The summed E-state index contributed by atoms with van der Waals surface area (Å²) in [6.45, 7) is 1.82. The summed E-state index contributed by atoms with van der Waals surface area (Å²) < 4.78 is 17.3. The normalized spacial score (nSPS) is 10.8. The highest BCUT2D eigenvalue weighted by molar-refractivity contribution is 9.10. The Morgan fingerprint density at radius 2 is 1.75 bits per heavy atom. The van der Waals surface area contributed by atoms with E-state index in [9.17, 15) is 9.18 Å². The third-order valence-electron chi connectivity index (χ3n) is 4.08. The van der Waals surface area contributed by atoms with Crippen LogP contribution >= 0.6 is 15.9 Å². The molecule has 1 N–H and O–H groups in total. The molecule has 0 saturated carbocycles. The van der Waals surface area contributed by atoms with Crippen molar-refractivity contribution in [2.45, 2.75) is 6.92 Å². The van der Waals surface area contributed by atoms with Gasteiger partial charge in [0.2, 0.25) is 0 Å². The number of carbonyl (C=O) groups excluding carboxylic acids is 1. The Labute approximate surface area is 168 Å². The van der Waals surface area contributed by atoms with Crippen LogP contribution in [-0.2, 0) is 0 Å². The van der Waals surface area contributed by atoms with Crippen molar-refractivity contribution in [1.82, 2.24) is 19.6 Å². The molecule has 0 aliphatic heterocycles. The third kappa shape index (κ3) is 3.72. The Kier molecular flexibility index (Phi) is 4.79. The largest absolute Gasteiger partial charge is 0.306 e. The van der Waals surface area contributed by atoms with E-state index in [4.69, 9.17) is 0 Å². The predicted molar refractivity (Wildman–Crippen MR) is 107 cm³/mol. The van der Waals surface area contributed by atoms with Crippen LogP contribution in [0.3, 0.4) is 0 Å². The molecule has 140 valence electrons. The van der Waals surface area contributed by atoms with Gasteiger partial charge in [-0.3, -0.25) is 4.79 Å². The number of aromatic nitrogens is 4. The van der Waals surface area contributed by atoms with Crippen molar-refractivity contribution in [2.24, 2.45) is 0 Å².